The van der Waals surface area contributed by atoms with Gasteiger partial charge in [-0.25, -0.2) is 8.42 Å². The summed E-state index contributed by atoms with van der Waals surface area (Å²) >= 11 is 3.43. The van der Waals surface area contributed by atoms with Crippen LogP contribution in [0.1, 0.15) is 38.8 Å². The van der Waals surface area contributed by atoms with Crippen LogP contribution < -0.4 is 9.62 Å². The van der Waals surface area contributed by atoms with Crippen LogP contribution in [0.25, 0.3) is 0 Å². The summed E-state index contributed by atoms with van der Waals surface area (Å²) in [5.74, 6) is -0.787. The number of anilines is 1. The fourth-order valence-corrected chi connectivity index (χ4v) is 4.51. The zero-order valence-electron chi connectivity index (χ0n) is 19.9. The Kier molecular flexibility index (Phi) is 8.70. The van der Waals surface area contributed by atoms with Gasteiger partial charge in [-0.3, -0.25) is 13.9 Å². The van der Waals surface area contributed by atoms with Crippen LogP contribution in [-0.2, 0) is 26.2 Å². The van der Waals surface area contributed by atoms with Crippen LogP contribution in [0.3, 0.4) is 0 Å². The van der Waals surface area contributed by atoms with Crippen molar-refractivity contribution < 1.29 is 18.0 Å². The highest BCUT2D eigenvalue weighted by molar-refractivity contribution is 9.10. The maximum atomic E-state index is 13.5. The summed E-state index contributed by atoms with van der Waals surface area (Å²) < 4.78 is 27.0. The van der Waals surface area contributed by atoms with E-state index in [2.05, 4.69) is 21.2 Å². The second kappa shape index (κ2) is 10.7. The van der Waals surface area contributed by atoms with Crippen LogP contribution in [-0.4, -0.2) is 49.5 Å². The SMILES string of the molecule is Cc1ccc(N(CC(=O)N(Cc2cccc(Br)c2)[C@H](C)C(=O)NC(C)(C)C)S(C)(=O)=O)cc1. The molecule has 0 spiro atoms. The number of nitrogens with one attached hydrogen (secondary N) is 1. The van der Waals surface area contributed by atoms with Crippen molar-refractivity contribution in [1.82, 2.24) is 10.2 Å². The van der Waals surface area contributed by atoms with Gasteiger partial charge in [0.2, 0.25) is 21.8 Å². The minimum atomic E-state index is -3.74. The number of hydrogen-bond donors (Lipinski definition) is 1. The van der Waals surface area contributed by atoms with Crippen LogP contribution >= 0.6 is 15.9 Å². The quantitative estimate of drug-likeness (QED) is 0.553. The van der Waals surface area contributed by atoms with E-state index >= 15 is 0 Å². The molecule has 2 aromatic rings. The Morgan fingerprint density at radius 3 is 2.21 bits per heavy atom. The fourth-order valence-electron chi connectivity index (χ4n) is 3.21. The molecule has 0 fully saturated rings. The summed E-state index contributed by atoms with van der Waals surface area (Å²) in [4.78, 5) is 27.8. The molecule has 1 N–H and O–H groups in total. The van der Waals surface area contributed by atoms with Gasteiger partial charge in [-0.1, -0.05) is 45.8 Å². The fraction of sp³-hybridized carbons (Fsp3) is 0.417. The van der Waals surface area contributed by atoms with Gasteiger partial charge < -0.3 is 10.2 Å². The van der Waals surface area contributed by atoms with E-state index in [0.29, 0.717) is 5.69 Å². The highest BCUT2D eigenvalue weighted by atomic mass is 79.9. The largest absolute Gasteiger partial charge is 0.350 e. The predicted octanol–water partition coefficient (Wildman–Crippen LogP) is 3.86. The van der Waals surface area contributed by atoms with E-state index in [4.69, 9.17) is 0 Å². The lowest BCUT2D eigenvalue weighted by atomic mass is 10.1. The van der Waals surface area contributed by atoms with Crippen molar-refractivity contribution in [1.29, 1.82) is 0 Å². The molecule has 0 radical (unpaired) electrons. The average Bonchev–Trinajstić information content (AvgIpc) is 2.68. The Morgan fingerprint density at radius 2 is 1.70 bits per heavy atom. The molecule has 2 amide bonds. The van der Waals surface area contributed by atoms with Crippen molar-refractivity contribution in [2.45, 2.75) is 52.7 Å². The number of amides is 2. The normalized spacial score (nSPS) is 12.7. The van der Waals surface area contributed by atoms with E-state index in [1.807, 2.05) is 52.0 Å². The van der Waals surface area contributed by atoms with Gasteiger partial charge in [0.05, 0.1) is 11.9 Å². The molecule has 0 unspecified atom stereocenters. The first kappa shape index (κ1) is 26.9. The third-order valence-electron chi connectivity index (χ3n) is 4.91. The molecule has 0 heterocycles. The predicted molar refractivity (Wildman–Crippen MR) is 135 cm³/mol. The van der Waals surface area contributed by atoms with Crippen LogP contribution in [0.4, 0.5) is 5.69 Å². The Balaban J connectivity index is 2.39. The molecular formula is C24H32BrN3O4S. The van der Waals surface area contributed by atoms with E-state index in [1.165, 1.54) is 4.90 Å². The van der Waals surface area contributed by atoms with Crippen molar-refractivity contribution in [2.24, 2.45) is 0 Å². The van der Waals surface area contributed by atoms with Crippen molar-refractivity contribution in [2.75, 3.05) is 17.1 Å². The van der Waals surface area contributed by atoms with Crippen LogP contribution in [0, 0.1) is 6.92 Å². The number of halogens is 1. The lowest BCUT2D eigenvalue weighted by molar-refractivity contribution is -0.140. The van der Waals surface area contributed by atoms with E-state index in [0.717, 1.165) is 26.2 Å². The maximum absolute atomic E-state index is 13.5. The van der Waals surface area contributed by atoms with E-state index in [1.54, 1.807) is 31.2 Å². The number of benzene rings is 2. The first-order valence-corrected chi connectivity index (χ1v) is 13.2. The molecule has 2 rings (SSSR count). The standard InChI is InChI=1S/C24H32BrN3O4S/c1-17-10-12-21(13-11-17)28(33(6,31)32)16-22(29)27(15-19-8-7-9-20(25)14-19)18(2)23(30)26-24(3,4)5/h7-14,18H,15-16H2,1-6H3,(H,26,30)/t18-/m1/s1. The molecule has 7 nitrogen and oxygen atoms in total. The number of sulfonamides is 1. The highest BCUT2D eigenvalue weighted by Gasteiger charge is 2.31. The van der Waals surface area contributed by atoms with Gasteiger partial charge in [-0.2, -0.15) is 0 Å². The van der Waals surface area contributed by atoms with Crippen LogP contribution in [0.5, 0.6) is 0 Å². The van der Waals surface area contributed by atoms with Gasteiger partial charge in [0.25, 0.3) is 0 Å². The molecule has 9 heteroatoms. The summed E-state index contributed by atoms with van der Waals surface area (Å²) in [5, 5.41) is 2.90. The van der Waals surface area contributed by atoms with Gasteiger partial charge in [-0.15, -0.1) is 0 Å². The van der Waals surface area contributed by atoms with Crippen molar-refractivity contribution >= 4 is 43.5 Å². The second-order valence-electron chi connectivity index (χ2n) is 9.17. The van der Waals surface area contributed by atoms with Gasteiger partial charge in [0.15, 0.2) is 0 Å². The van der Waals surface area contributed by atoms with Crippen molar-refractivity contribution in [3.8, 4) is 0 Å². The Labute approximate surface area is 205 Å². The number of nitrogens with zero attached hydrogens (tertiary/aromatic N) is 2. The second-order valence-corrected chi connectivity index (χ2v) is 12.0. The number of rotatable bonds is 8. The van der Waals surface area contributed by atoms with E-state index in [9.17, 15) is 18.0 Å². The molecule has 0 aliphatic rings. The van der Waals surface area contributed by atoms with Gasteiger partial charge in [-0.05, 0) is 64.4 Å². The monoisotopic (exact) mass is 537 g/mol. The third-order valence-corrected chi connectivity index (χ3v) is 6.54. The van der Waals surface area contributed by atoms with Crippen molar-refractivity contribution in [3.05, 3.63) is 64.1 Å². The molecule has 0 aromatic heterocycles. The number of aryl methyl sites for hydroxylation is 1. The molecule has 0 saturated carbocycles. The molecule has 0 aliphatic heterocycles. The third kappa shape index (κ3) is 8.16. The van der Waals surface area contributed by atoms with E-state index in [-0.39, 0.29) is 12.5 Å². The summed E-state index contributed by atoms with van der Waals surface area (Å²) in [6, 6.07) is 13.5. The minimum absolute atomic E-state index is 0.155. The molecule has 180 valence electrons. The lowest BCUT2D eigenvalue weighted by Crippen LogP contribution is -2.54. The Bertz CT molecular complexity index is 1100. The number of carbonyl (C=O) groups is 2. The molecule has 0 aliphatic carbocycles. The van der Waals surface area contributed by atoms with E-state index < -0.39 is 34.1 Å². The summed E-state index contributed by atoms with van der Waals surface area (Å²) in [6.45, 7) is 8.87. The first-order valence-electron chi connectivity index (χ1n) is 10.6. The zero-order valence-corrected chi connectivity index (χ0v) is 22.3. The van der Waals surface area contributed by atoms with Gasteiger partial charge in [0.1, 0.15) is 12.6 Å². The molecular weight excluding hydrogens is 506 g/mol. The van der Waals surface area contributed by atoms with Gasteiger partial charge in [0, 0.05) is 16.6 Å². The molecule has 0 saturated heterocycles. The number of carbonyl (C=O) groups excluding carboxylic acids is 2. The molecule has 33 heavy (non-hydrogen) atoms. The zero-order chi connectivity index (χ0) is 25.0. The Hall–Kier alpha value is -2.39. The first-order chi connectivity index (χ1) is 15.2. The highest BCUT2D eigenvalue weighted by Crippen LogP contribution is 2.20. The minimum Gasteiger partial charge on any atom is -0.350 e. The number of hydrogen-bond acceptors (Lipinski definition) is 4. The molecule has 0 bridgehead atoms. The topological polar surface area (TPSA) is 86.8 Å². The Morgan fingerprint density at radius 1 is 1.09 bits per heavy atom. The maximum Gasteiger partial charge on any atom is 0.244 e. The molecule has 2 aromatic carbocycles. The lowest BCUT2D eigenvalue weighted by Gasteiger charge is -2.33. The smallest absolute Gasteiger partial charge is 0.244 e. The summed E-state index contributed by atoms with van der Waals surface area (Å²) in [5.41, 5.74) is 1.71. The summed E-state index contributed by atoms with van der Waals surface area (Å²) in [7, 11) is -3.74. The van der Waals surface area contributed by atoms with Crippen LogP contribution in [0.15, 0.2) is 53.0 Å². The van der Waals surface area contributed by atoms with Crippen LogP contribution in [0.2, 0.25) is 0 Å². The average molecular weight is 539 g/mol. The summed E-state index contributed by atoms with van der Waals surface area (Å²) in [6.07, 6.45) is 1.06. The molecule has 1 atom stereocenters. The van der Waals surface area contributed by atoms with Gasteiger partial charge >= 0.3 is 0 Å². The van der Waals surface area contributed by atoms with Crippen molar-refractivity contribution in [3.63, 3.8) is 0 Å².